The molecule has 0 aromatic carbocycles. The fourth-order valence-corrected chi connectivity index (χ4v) is 13.8. The average Bonchev–Trinajstić information content (AvgIpc) is 2.88. The van der Waals surface area contributed by atoms with E-state index in [1.165, 1.54) is 231 Å². The summed E-state index contributed by atoms with van der Waals surface area (Å²) in [5, 5.41) is 19.1. The maximum absolute atomic E-state index is 12.7. The van der Waals surface area contributed by atoms with Gasteiger partial charge >= 0.3 is 23.9 Å². The Kier molecular flexibility index (Phi) is 81.2. The molecular formula is C87H172N2O10. The highest BCUT2D eigenvalue weighted by Crippen LogP contribution is 2.23. The SMILES string of the molecule is CCCCCCCCC(CC)OC(=O)CCCN(CCO)CCCCCCCC(=O)OC(CCCCCCCC)CCCCCCCC.CCCCCCCCC(CCCCCCCC)OC(=O)CCCCCCCN(CCO)CCCC(=O)OC(CCCCC)CCCCCCCC. The summed E-state index contributed by atoms with van der Waals surface area (Å²) in [7, 11) is 0. The Hall–Kier alpha value is -2.28. The predicted octanol–water partition coefficient (Wildman–Crippen LogP) is 24.9. The van der Waals surface area contributed by atoms with E-state index < -0.39 is 0 Å². The van der Waals surface area contributed by atoms with Gasteiger partial charge in [-0.15, -0.1) is 0 Å². The summed E-state index contributed by atoms with van der Waals surface area (Å²) in [5.74, 6) is -0.135. The highest BCUT2D eigenvalue weighted by Gasteiger charge is 2.19. The van der Waals surface area contributed by atoms with Crippen molar-refractivity contribution in [3.05, 3.63) is 0 Å². The van der Waals surface area contributed by atoms with Gasteiger partial charge in [0.1, 0.15) is 24.4 Å². The molecule has 2 N–H and O–H groups in total. The van der Waals surface area contributed by atoms with E-state index in [9.17, 15) is 29.4 Å². The molecule has 0 amide bonds. The van der Waals surface area contributed by atoms with Crippen LogP contribution in [0, 0.1) is 0 Å². The van der Waals surface area contributed by atoms with Crippen molar-refractivity contribution in [2.24, 2.45) is 0 Å². The number of carbonyl (C=O) groups excluding carboxylic acids is 4. The van der Waals surface area contributed by atoms with Crippen molar-refractivity contribution >= 4 is 23.9 Å². The van der Waals surface area contributed by atoms with Crippen LogP contribution in [-0.4, -0.2) is 121 Å². The summed E-state index contributed by atoms with van der Waals surface area (Å²) >= 11 is 0. The van der Waals surface area contributed by atoms with Crippen molar-refractivity contribution in [2.75, 3.05) is 52.5 Å². The molecule has 0 fully saturated rings. The van der Waals surface area contributed by atoms with E-state index in [2.05, 4.69) is 65.2 Å². The molecule has 0 spiro atoms. The van der Waals surface area contributed by atoms with E-state index in [0.29, 0.717) is 38.8 Å². The molecule has 590 valence electrons. The predicted molar refractivity (Wildman–Crippen MR) is 423 cm³/mol. The van der Waals surface area contributed by atoms with Gasteiger partial charge in [0, 0.05) is 38.8 Å². The monoisotopic (exact) mass is 1410 g/mol. The first-order valence-corrected chi connectivity index (χ1v) is 43.9. The molecule has 2 atom stereocenters. The lowest BCUT2D eigenvalue weighted by Gasteiger charge is -2.22. The molecule has 0 aliphatic rings. The van der Waals surface area contributed by atoms with Gasteiger partial charge in [-0.2, -0.15) is 0 Å². The number of nitrogens with zero attached hydrogens (tertiary/aromatic N) is 2. The lowest BCUT2D eigenvalue weighted by Crippen LogP contribution is -2.29. The Bertz CT molecular complexity index is 1620. The number of rotatable bonds is 79. The largest absolute Gasteiger partial charge is 0.462 e. The molecule has 0 saturated carbocycles. The van der Waals surface area contributed by atoms with Crippen molar-refractivity contribution in [2.45, 2.75) is 484 Å². The second-order valence-electron chi connectivity index (χ2n) is 30.1. The maximum Gasteiger partial charge on any atom is 0.306 e. The summed E-state index contributed by atoms with van der Waals surface area (Å²) in [6, 6.07) is 0. The second kappa shape index (κ2) is 81.4. The quantitative estimate of drug-likeness (QED) is 0.0339. The minimum Gasteiger partial charge on any atom is -0.462 e. The Morgan fingerprint density at radius 2 is 0.404 bits per heavy atom. The van der Waals surface area contributed by atoms with E-state index >= 15 is 0 Å². The molecule has 0 aliphatic carbocycles. The first kappa shape index (κ1) is 98.8. The summed E-state index contributed by atoms with van der Waals surface area (Å²) in [6.07, 6.45) is 71.7. The number of unbranched alkanes of at least 4 members (excludes halogenated alkanes) is 40. The van der Waals surface area contributed by atoms with Gasteiger partial charge in [-0.25, -0.2) is 0 Å². The van der Waals surface area contributed by atoms with Crippen molar-refractivity contribution in [3.63, 3.8) is 0 Å². The van der Waals surface area contributed by atoms with Gasteiger partial charge in [-0.3, -0.25) is 19.2 Å². The zero-order valence-electron chi connectivity index (χ0n) is 67.6. The number of carbonyl (C=O) groups is 4. The molecule has 0 heterocycles. The molecule has 0 radical (unpaired) electrons. The van der Waals surface area contributed by atoms with Crippen LogP contribution >= 0.6 is 0 Å². The van der Waals surface area contributed by atoms with Crippen LogP contribution in [0.2, 0.25) is 0 Å². The molecular weight excluding hydrogens is 1230 g/mol. The van der Waals surface area contributed by atoms with E-state index in [1.54, 1.807) is 0 Å². The van der Waals surface area contributed by atoms with Crippen LogP contribution in [0.15, 0.2) is 0 Å². The smallest absolute Gasteiger partial charge is 0.306 e. The highest BCUT2D eigenvalue weighted by molar-refractivity contribution is 5.70. The molecule has 0 bridgehead atoms. The number of hydrogen-bond acceptors (Lipinski definition) is 12. The first-order chi connectivity index (χ1) is 48.5. The number of ether oxygens (including phenoxy) is 4. The molecule has 0 aromatic rings. The number of esters is 4. The van der Waals surface area contributed by atoms with Crippen molar-refractivity contribution < 1.29 is 48.3 Å². The average molecular weight is 1410 g/mol. The topological polar surface area (TPSA) is 152 Å². The van der Waals surface area contributed by atoms with Gasteiger partial charge in [0.15, 0.2) is 0 Å². The van der Waals surface area contributed by atoms with Gasteiger partial charge in [0.05, 0.1) is 13.2 Å². The van der Waals surface area contributed by atoms with Gasteiger partial charge in [0.2, 0.25) is 0 Å². The fraction of sp³-hybridized carbons (Fsp3) is 0.954. The zero-order chi connectivity index (χ0) is 72.8. The van der Waals surface area contributed by atoms with E-state index in [-0.39, 0.29) is 61.5 Å². The molecule has 99 heavy (non-hydrogen) atoms. The summed E-state index contributed by atoms with van der Waals surface area (Å²) < 4.78 is 23.8. The van der Waals surface area contributed by atoms with E-state index in [0.717, 1.165) is 174 Å². The highest BCUT2D eigenvalue weighted by atomic mass is 16.6. The third-order valence-electron chi connectivity index (χ3n) is 20.3. The molecule has 0 aromatic heterocycles. The van der Waals surface area contributed by atoms with Crippen LogP contribution < -0.4 is 0 Å². The summed E-state index contributed by atoms with van der Waals surface area (Å²) in [4.78, 5) is 55.1. The first-order valence-electron chi connectivity index (χ1n) is 43.9. The Labute approximate surface area is 615 Å². The molecule has 0 aliphatic heterocycles. The van der Waals surface area contributed by atoms with Crippen LogP contribution in [-0.2, 0) is 38.1 Å². The standard InChI is InChI=1S/C45H89NO5.C42H83NO5/c1-5-9-13-16-20-26-33-42(32-25-12-8-4)51-45(49)37-31-39-46(40-41-47)38-30-24-19-23-29-36-44(48)50-43(34-27-21-17-14-10-6-2)35-28-22-18-15-11-7-3;1-5-9-12-15-19-24-30-39(8-4)47-42(46)34-29-36-43(37-38-44)35-28-23-18-22-27-33-41(45)48-40(31-25-20-16-13-10-6-2)32-26-21-17-14-11-7-3/h42-43,47H,5-41H2,1-4H3;39-40,44H,5-38H2,1-4H3. The molecule has 2 unspecified atom stereocenters. The normalized spacial score (nSPS) is 12.2. The Morgan fingerprint density at radius 3 is 0.657 bits per heavy atom. The van der Waals surface area contributed by atoms with Crippen LogP contribution in [0.3, 0.4) is 0 Å². The van der Waals surface area contributed by atoms with Crippen LogP contribution in [0.1, 0.15) is 460 Å². The van der Waals surface area contributed by atoms with E-state index in [4.69, 9.17) is 18.9 Å². The third-order valence-corrected chi connectivity index (χ3v) is 20.3. The Balaban J connectivity index is 0. The van der Waals surface area contributed by atoms with Crippen molar-refractivity contribution in [1.82, 2.24) is 9.80 Å². The van der Waals surface area contributed by atoms with Crippen LogP contribution in [0.5, 0.6) is 0 Å². The third kappa shape index (κ3) is 73.8. The second-order valence-corrected chi connectivity index (χ2v) is 30.1. The minimum atomic E-state index is -0.0774. The maximum atomic E-state index is 12.7. The Morgan fingerprint density at radius 1 is 0.222 bits per heavy atom. The van der Waals surface area contributed by atoms with Gasteiger partial charge < -0.3 is 39.0 Å². The lowest BCUT2D eigenvalue weighted by atomic mass is 10.0. The lowest BCUT2D eigenvalue weighted by molar-refractivity contribution is -0.151. The molecule has 12 heteroatoms. The minimum absolute atomic E-state index is 0.000646. The van der Waals surface area contributed by atoms with Gasteiger partial charge in [-0.1, -0.05) is 299 Å². The zero-order valence-corrected chi connectivity index (χ0v) is 67.6. The van der Waals surface area contributed by atoms with Crippen molar-refractivity contribution in [3.8, 4) is 0 Å². The van der Waals surface area contributed by atoms with E-state index in [1.807, 2.05) is 0 Å². The molecule has 0 rings (SSSR count). The van der Waals surface area contributed by atoms with Gasteiger partial charge in [-0.05, 0) is 161 Å². The van der Waals surface area contributed by atoms with Gasteiger partial charge in [0.25, 0.3) is 0 Å². The summed E-state index contributed by atoms with van der Waals surface area (Å²) in [5.41, 5.74) is 0. The molecule has 12 nitrogen and oxygen atoms in total. The fourth-order valence-electron chi connectivity index (χ4n) is 13.8. The number of hydrogen-bond donors (Lipinski definition) is 2. The molecule has 0 saturated heterocycles. The van der Waals surface area contributed by atoms with Crippen LogP contribution in [0.25, 0.3) is 0 Å². The van der Waals surface area contributed by atoms with Crippen molar-refractivity contribution in [1.29, 1.82) is 0 Å². The van der Waals surface area contributed by atoms with Crippen LogP contribution in [0.4, 0.5) is 0 Å². The summed E-state index contributed by atoms with van der Waals surface area (Å²) in [6.45, 7) is 22.9. The number of aliphatic hydroxyl groups is 2. The number of aliphatic hydroxyl groups excluding tert-OH is 2.